The first kappa shape index (κ1) is 16.0. The lowest BCUT2D eigenvalue weighted by molar-refractivity contribution is -0.146. The van der Waals surface area contributed by atoms with Crippen molar-refractivity contribution in [1.82, 2.24) is 20.3 Å². The first-order valence-electron chi connectivity index (χ1n) is 9.10. The fourth-order valence-electron chi connectivity index (χ4n) is 4.71. The monoisotopic (exact) mass is 334 g/mol. The minimum Gasteiger partial charge on any atom is -0.381 e. The normalized spacial score (nSPS) is 33.5. The number of rotatable bonds is 3. The van der Waals surface area contributed by atoms with Crippen molar-refractivity contribution >= 4 is 5.91 Å². The van der Waals surface area contributed by atoms with E-state index in [1.54, 1.807) is 7.11 Å². The van der Waals surface area contributed by atoms with Crippen molar-refractivity contribution in [1.29, 1.82) is 0 Å². The van der Waals surface area contributed by atoms with E-state index >= 15 is 0 Å². The molecule has 1 aliphatic heterocycles. The highest BCUT2D eigenvalue weighted by Gasteiger charge is 2.43. The number of nitrogens with zero attached hydrogens (tertiary/aromatic N) is 3. The highest BCUT2D eigenvalue weighted by Crippen LogP contribution is 2.37. The number of nitrogens with one attached hydrogen (secondary N) is 1. The molecule has 7 nitrogen and oxygen atoms in total. The van der Waals surface area contributed by atoms with Gasteiger partial charge in [-0.25, -0.2) is 0 Å². The maximum Gasteiger partial charge on any atom is 0.232 e. The van der Waals surface area contributed by atoms with Crippen LogP contribution in [0.3, 0.4) is 0 Å². The third-order valence-electron chi connectivity index (χ3n) is 5.93. The summed E-state index contributed by atoms with van der Waals surface area (Å²) in [6.07, 6.45) is 6.36. The van der Waals surface area contributed by atoms with Crippen molar-refractivity contribution < 1.29 is 14.3 Å². The third kappa shape index (κ3) is 2.73. The van der Waals surface area contributed by atoms with Crippen LogP contribution in [0.15, 0.2) is 0 Å². The fourth-order valence-corrected chi connectivity index (χ4v) is 4.71. The van der Waals surface area contributed by atoms with Gasteiger partial charge in [-0.2, -0.15) is 15.4 Å². The quantitative estimate of drug-likeness (QED) is 0.900. The zero-order chi connectivity index (χ0) is 16.5. The molecule has 1 amide bonds. The van der Waals surface area contributed by atoms with Crippen LogP contribution >= 0.6 is 0 Å². The molecule has 2 aliphatic carbocycles. The van der Waals surface area contributed by atoms with Crippen LogP contribution < -0.4 is 0 Å². The van der Waals surface area contributed by atoms with Gasteiger partial charge in [-0.15, -0.1) is 0 Å². The zero-order valence-corrected chi connectivity index (χ0v) is 14.2. The highest BCUT2D eigenvalue weighted by molar-refractivity contribution is 5.84. The number of ether oxygens (including phenoxy) is 2. The number of amides is 1. The summed E-state index contributed by atoms with van der Waals surface area (Å²) in [4.78, 5) is 15.4. The van der Waals surface area contributed by atoms with Gasteiger partial charge in [0.05, 0.1) is 42.7 Å². The molecule has 0 radical (unpaired) electrons. The Morgan fingerprint density at radius 2 is 2.21 bits per heavy atom. The summed E-state index contributed by atoms with van der Waals surface area (Å²) < 4.78 is 11.4. The van der Waals surface area contributed by atoms with Crippen molar-refractivity contribution in [3.05, 3.63) is 11.4 Å². The van der Waals surface area contributed by atoms with Gasteiger partial charge in [-0.3, -0.25) is 4.79 Å². The van der Waals surface area contributed by atoms with Gasteiger partial charge in [-0.1, -0.05) is 6.42 Å². The predicted molar refractivity (Wildman–Crippen MR) is 86.5 cm³/mol. The van der Waals surface area contributed by atoms with Crippen LogP contribution in [0.5, 0.6) is 0 Å². The second-order valence-corrected chi connectivity index (χ2v) is 7.14. The Morgan fingerprint density at radius 1 is 1.29 bits per heavy atom. The van der Waals surface area contributed by atoms with Gasteiger partial charge in [0.15, 0.2) is 0 Å². The summed E-state index contributed by atoms with van der Waals surface area (Å²) in [6, 6.07) is 0.121. The Hall–Kier alpha value is -1.47. The molecule has 0 spiro atoms. The van der Waals surface area contributed by atoms with E-state index in [1.165, 1.54) is 6.42 Å². The Labute approximate surface area is 142 Å². The summed E-state index contributed by atoms with van der Waals surface area (Å²) in [6.45, 7) is 1.90. The van der Waals surface area contributed by atoms with Gasteiger partial charge < -0.3 is 14.4 Å². The van der Waals surface area contributed by atoms with E-state index in [-0.39, 0.29) is 24.0 Å². The van der Waals surface area contributed by atoms with Gasteiger partial charge >= 0.3 is 0 Å². The molecular weight excluding hydrogens is 308 g/mol. The largest absolute Gasteiger partial charge is 0.381 e. The van der Waals surface area contributed by atoms with E-state index in [4.69, 9.17) is 9.47 Å². The van der Waals surface area contributed by atoms with Gasteiger partial charge in [0.25, 0.3) is 0 Å². The Balaban J connectivity index is 1.56. The number of aromatic nitrogens is 3. The number of hydrogen-bond acceptors (Lipinski definition) is 5. The SMILES string of the molecule is COC1CCCC1C1COCCN1C(=O)C1CCCc2n[nH]nc21. The van der Waals surface area contributed by atoms with Gasteiger partial charge in [0.1, 0.15) is 0 Å². The summed E-state index contributed by atoms with van der Waals surface area (Å²) in [7, 11) is 1.78. The van der Waals surface area contributed by atoms with E-state index in [0.717, 1.165) is 43.5 Å². The lowest BCUT2D eigenvalue weighted by atomic mass is 9.87. The van der Waals surface area contributed by atoms with E-state index in [2.05, 4.69) is 20.3 Å². The first-order chi connectivity index (χ1) is 11.8. The lowest BCUT2D eigenvalue weighted by Gasteiger charge is -2.42. The summed E-state index contributed by atoms with van der Waals surface area (Å²) >= 11 is 0. The third-order valence-corrected chi connectivity index (χ3v) is 5.93. The molecule has 0 bridgehead atoms. The molecule has 1 saturated carbocycles. The van der Waals surface area contributed by atoms with Gasteiger partial charge in [0.2, 0.25) is 5.91 Å². The molecule has 4 rings (SSSR count). The number of morpholine rings is 1. The average Bonchev–Trinajstić information content (AvgIpc) is 3.29. The van der Waals surface area contributed by atoms with Gasteiger partial charge in [0, 0.05) is 19.6 Å². The summed E-state index contributed by atoms with van der Waals surface area (Å²) in [5.41, 5.74) is 1.81. The number of carbonyl (C=O) groups is 1. The Kier molecular flexibility index (Phi) is 4.54. The Morgan fingerprint density at radius 3 is 3.08 bits per heavy atom. The van der Waals surface area contributed by atoms with Crippen molar-refractivity contribution in [2.24, 2.45) is 5.92 Å². The molecular formula is C17H26N4O3. The maximum atomic E-state index is 13.3. The molecule has 1 aromatic rings. The van der Waals surface area contributed by atoms with Crippen LogP contribution in [0.25, 0.3) is 0 Å². The molecule has 2 heterocycles. The summed E-state index contributed by atoms with van der Waals surface area (Å²) in [5.74, 6) is 0.412. The van der Waals surface area contributed by atoms with E-state index in [0.29, 0.717) is 25.7 Å². The van der Waals surface area contributed by atoms with E-state index < -0.39 is 0 Å². The molecule has 3 aliphatic rings. The smallest absolute Gasteiger partial charge is 0.232 e. The van der Waals surface area contributed by atoms with Crippen LogP contribution in [0.2, 0.25) is 0 Å². The molecule has 0 aromatic carbocycles. The number of carbonyl (C=O) groups excluding carboxylic acids is 1. The van der Waals surface area contributed by atoms with Crippen LogP contribution in [0.4, 0.5) is 0 Å². The van der Waals surface area contributed by atoms with Crippen LogP contribution in [0, 0.1) is 5.92 Å². The van der Waals surface area contributed by atoms with Crippen LogP contribution in [-0.4, -0.2) is 65.2 Å². The van der Waals surface area contributed by atoms with Crippen LogP contribution in [0.1, 0.15) is 49.4 Å². The number of hydrogen-bond donors (Lipinski definition) is 1. The maximum absolute atomic E-state index is 13.3. The fraction of sp³-hybridized carbons (Fsp3) is 0.824. The summed E-state index contributed by atoms with van der Waals surface area (Å²) in [5, 5.41) is 11.2. The molecule has 132 valence electrons. The number of H-pyrrole nitrogens is 1. The zero-order valence-electron chi connectivity index (χ0n) is 14.2. The molecule has 7 heteroatoms. The number of aryl methyl sites for hydroxylation is 1. The Bertz CT molecular complexity index is 590. The van der Waals surface area contributed by atoms with Crippen LogP contribution in [-0.2, 0) is 20.7 Å². The standard InChI is InChI=1S/C17H26N4O3/c1-23-15-7-3-4-11(15)14-10-24-9-8-21(14)17(22)12-5-2-6-13-16(12)19-20-18-13/h11-12,14-15H,2-10H2,1H3,(H,18,19,20). The molecule has 1 N–H and O–H groups in total. The number of methoxy groups -OCH3 is 1. The molecule has 4 unspecified atom stereocenters. The first-order valence-corrected chi connectivity index (χ1v) is 9.10. The van der Waals surface area contributed by atoms with E-state index in [9.17, 15) is 4.79 Å². The van der Waals surface area contributed by atoms with Crippen molar-refractivity contribution in [2.75, 3.05) is 26.9 Å². The molecule has 24 heavy (non-hydrogen) atoms. The van der Waals surface area contributed by atoms with Crippen molar-refractivity contribution in [3.63, 3.8) is 0 Å². The minimum atomic E-state index is -0.157. The lowest BCUT2D eigenvalue weighted by Crippen LogP contribution is -2.55. The molecule has 2 fully saturated rings. The molecule has 4 atom stereocenters. The van der Waals surface area contributed by atoms with E-state index in [1.807, 2.05) is 0 Å². The molecule has 1 aromatic heterocycles. The predicted octanol–water partition coefficient (Wildman–Crippen LogP) is 1.27. The second-order valence-electron chi connectivity index (χ2n) is 7.14. The number of aromatic amines is 1. The highest BCUT2D eigenvalue weighted by atomic mass is 16.5. The van der Waals surface area contributed by atoms with Crippen molar-refractivity contribution in [2.45, 2.75) is 56.6 Å². The number of fused-ring (bicyclic) bond motifs is 1. The second kappa shape index (κ2) is 6.80. The topological polar surface area (TPSA) is 80.3 Å². The minimum absolute atomic E-state index is 0.121. The average molecular weight is 334 g/mol. The molecule has 1 saturated heterocycles. The van der Waals surface area contributed by atoms with Gasteiger partial charge in [-0.05, 0) is 32.1 Å². The van der Waals surface area contributed by atoms with Crippen molar-refractivity contribution in [3.8, 4) is 0 Å².